The molecule has 3 aliphatic rings. The third-order valence-electron chi connectivity index (χ3n) is 1.62. The van der Waals surface area contributed by atoms with E-state index in [0.717, 1.165) is 0 Å². The molecule has 76 valence electrons. The Kier molecular flexibility index (Phi) is 2.88. The van der Waals surface area contributed by atoms with Crippen molar-refractivity contribution in [2.24, 2.45) is 10.2 Å². The normalized spacial score (nSPS) is 33.6. The summed E-state index contributed by atoms with van der Waals surface area (Å²) >= 11 is 7.20. The fourth-order valence-corrected chi connectivity index (χ4v) is 15.2. The minimum absolute atomic E-state index is 0.298. The third kappa shape index (κ3) is 1.42. The van der Waals surface area contributed by atoms with E-state index in [1.807, 2.05) is 22.8 Å². The number of fused-ring (bicyclic) bond motifs is 4. The number of nitrogens with zero attached hydrogens (tertiary/aromatic N) is 4. The average molecular weight is 300 g/mol. The van der Waals surface area contributed by atoms with E-state index in [1.54, 1.807) is 23.5 Å². The predicted octanol–water partition coefficient (Wildman–Crippen LogP) is 3.82. The van der Waals surface area contributed by atoms with Crippen molar-refractivity contribution < 1.29 is 0 Å². The SMILES string of the molecule is CSC1=NN2P(S1)N1N=C(SC)SP21. The Labute approximate surface area is 101 Å². The molecule has 3 aliphatic heterocycles. The fourth-order valence-electron chi connectivity index (χ4n) is 1.02. The van der Waals surface area contributed by atoms with Crippen LogP contribution in [0.3, 0.4) is 0 Å². The maximum absolute atomic E-state index is 4.57. The number of hydrogen-bond donors (Lipinski definition) is 0. The van der Waals surface area contributed by atoms with Gasteiger partial charge in [0.15, 0.2) is 8.75 Å². The van der Waals surface area contributed by atoms with Crippen molar-refractivity contribution in [2.45, 2.75) is 0 Å². The maximum atomic E-state index is 4.57. The summed E-state index contributed by atoms with van der Waals surface area (Å²) in [5, 5.41) is 9.15. The molecule has 10 heteroatoms. The first-order chi connectivity index (χ1) is 6.83. The largest absolute Gasteiger partial charge is 0.212 e. The first-order valence-electron chi connectivity index (χ1n) is 3.65. The van der Waals surface area contributed by atoms with Gasteiger partial charge in [0.25, 0.3) is 0 Å². The molecule has 4 nitrogen and oxygen atoms in total. The molecule has 0 N–H and O–H groups in total. The summed E-state index contributed by atoms with van der Waals surface area (Å²) in [5.74, 6) is 0. The Morgan fingerprint density at radius 3 is 1.79 bits per heavy atom. The van der Waals surface area contributed by atoms with E-state index in [9.17, 15) is 0 Å². The van der Waals surface area contributed by atoms with Crippen LogP contribution in [0.4, 0.5) is 0 Å². The van der Waals surface area contributed by atoms with Crippen molar-refractivity contribution in [3.63, 3.8) is 0 Å². The number of thioether (sulfide) groups is 2. The summed E-state index contributed by atoms with van der Waals surface area (Å²) < 4.78 is 6.90. The molecule has 0 aliphatic carbocycles. The Bertz CT molecular complexity index is 295. The van der Waals surface area contributed by atoms with E-state index in [-0.39, 0.29) is 14.8 Å². The molecule has 1 saturated heterocycles. The Balaban J connectivity index is 1.76. The van der Waals surface area contributed by atoms with Crippen LogP contribution in [0, 0.1) is 0 Å². The monoisotopic (exact) mass is 300 g/mol. The lowest BCUT2D eigenvalue weighted by atomic mass is 11.6. The highest BCUT2D eigenvalue weighted by Gasteiger charge is 2.56. The van der Waals surface area contributed by atoms with E-state index in [0.29, 0.717) is 0 Å². The first-order valence-corrected chi connectivity index (χ1v) is 11.4. The van der Waals surface area contributed by atoms with Crippen molar-refractivity contribution in [1.29, 1.82) is 0 Å². The van der Waals surface area contributed by atoms with Crippen LogP contribution in [0.25, 0.3) is 0 Å². The number of hydrazone groups is 2. The highest BCUT2D eigenvalue weighted by atomic mass is 32.8. The average Bonchev–Trinajstić information content (AvgIpc) is 2.73. The Morgan fingerprint density at radius 1 is 1.00 bits per heavy atom. The smallest absolute Gasteiger partial charge is 0.189 e. The molecule has 14 heavy (non-hydrogen) atoms. The molecule has 0 saturated carbocycles. The molecular weight excluding hydrogens is 294 g/mol. The van der Waals surface area contributed by atoms with Gasteiger partial charge in [-0.15, -0.1) is 23.5 Å². The second-order valence-corrected chi connectivity index (χ2v) is 11.8. The van der Waals surface area contributed by atoms with Crippen LogP contribution in [0.15, 0.2) is 10.2 Å². The fraction of sp³-hybridized carbons (Fsp3) is 0.500. The van der Waals surface area contributed by atoms with Gasteiger partial charge in [-0.05, 0) is 35.3 Å². The summed E-state index contributed by atoms with van der Waals surface area (Å²) in [5.41, 5.74) is 0. The van der Waals surface area contributed by atoms with Crippen LogP contribution < -0.4 is 0 Å². The van der Waals surface area contributed by atoms with E-state index in [2.05, 4.69) is 31.8 Å². The van der Waals surface area contributed by atoms with Gasteiger partial charge in [0.05, 0.1) is 0 Å². The molecule has 0 amide bonds. The molecule has 0 aromatic heterocycles. The van der Waals surface area contributed by atoms with Gasteiger partial charge in [0.1, 0.15) is 0 Å². The zero-order valence-electron chi connectivity index (χ0n) is 7.32. The molecule has 0 aromatic carbocycles. The summed E-state index contributed by atoms with van der Waals surface area (Å²) in [7, 11) is -0.595. The van der Waals surface area contributed by atoms with Crippen LogP contribution in [-0.4, -0.2) is 30.4 Å². The van der Waals surface area contributed by atoms with E-state index >= 15 is 0 Å². The minimum Gasteiger partial charge on any atom is -0.189 e. The molecule has 1 fully saturated rings. The lowest BCUT2D eigenvalue weighted by Gasteiger charge is -2.43. The molecule has 0 radical (unpaired) electrons. The van der Waals surface area contributed by atoms with Crippen LogP contribution >= 0.6 is 61.1 Å². The standard InChI is InChI=1S/C4H6N4P2S4/c1-11-3-5-7-9(13-3)8-6-4(12-2)14-10(7)8/h1-2H3. The zero-order chi connectivity index (χ0) is 9.71. The quantitative estimate of drug-likeness (QED) is 0.632. The first kappa shape index (κ1) is 10.4. The van der Waals surface area contributed by atoms with Crippen molar-refractivity contribution in [2.75, 3.05) is 12.5 Å². The molecule has 0 spiro atoms. The molecule has 0 atom stereocenters. The van der Waals surface area contributed by atoms with E-state index in [1.165, 1.54) is 8.75 Å². The van der Waals surface area contributed by atoms with Gasteiger partial charge in [-0.1, -0.05) is 0 Å². The number of hydrogen-bond acceptors (Lipinski definition) is 8. The highest BCUT2D eigenvalue weighted by molar-refractivity contribution is 8.78. The molecule has 3 rings (SSSR count). The third-order valence-corrected chi connectivity index (χ3v) is 14.5. The molecule has 3 heterocycles. The molecule has 0 unspecified atom stereocenters. The van der Waals surface area contributed by atoms with Gasteiger partial charge in [-0.25, -0.2) is 0 Å². The van der Waals surface area contributed by atoms with Crippen LogP contribution in [0.2, 0.25) is 0 Å². The molecule has 0 bridgehead atoms. The number of rotatable bonds is 0. The minimum atomic E-state index is -0.298. The summed E-state index contributed by atoms with van der Waals surface area (Å²) in [6, 6.07) is 0. The van der Waals surface area contributed by atoms with Gasteiger partial charge in [-0.3, -0.25) is 0 Å². The second kappa shape index (κ2) is 3.90. The Morgan fingerprint density at radius 2 is 1.43 bits per heavy atom. The lowest BCUT2D eigenvalue weighted by Crippen LogP contribution is -2.21. The van der Waals surface area contributed by atoms with Crippen LogP contribution in [0.5, 0.6) is 0 Å². The summed E-state index contributed by atoms with van der Waals surface area (Å²) in [6.07, 6.45) is 4.16. The lowest BCUT2D eigenvalue weighted by molar-refractivity contribution is 0.611. The van der Waals surface area contributed by atoms with Gasteiger partial charge >= 0.3 is 0 Å². The molecular formula is C4H6N4P2S4. The summed E-state index contributed by atoms with van der Waals surface area (Å²) in [6.45, 7) is 0. The van der Waals surface area contributed by atoms with Crippen molar-refractivity contribution in [3.8, 4) is 0 Å². The predicted molar refractivity (Wildman–Crippen MR) is 74.6 cm³/mol. The second-order valence-electron chi connectivity index (χ2n) is 2.36. The van der Waals surface area contributed by atoms with Crippen LogP contribution in [-0.2, 0) is 0 Å². The summed E-state index contributed by atoms with van der Waals surface area (Å²) in [4.78, 5) is 0. The molecule has 0 aromatic rings. The topological polar surface area (TPSA) is 31.2 Å². The van der Waals surface area contributed by atoms with Gasteiger partial charge in [0, 0.05) is 0 Å². The Hall–Kier alpha value is 1.20. The zero-order valence-corrected chi connectivity index (χ0v) is 12.4. The van der Waals surface area contributed by atoms with Crippen molar-refractivity contribution >= 4 is 69.9 Å². The van der Waals surface area contributed by atoms with E-state index in [4.69, 9.17) is 0 Å². The van der Waals surface area contributed by atoms with Gasteiger partial charge in [-0.2, -0.15) is 19.3 Å². The van der Waals surface area contributed by atoms with Gasteiger partial charge < -0.3 is 0 Å². The van der Waals surface area contributed by atoms with Crippen molar-refractivity contribution in [1.82, 2.24) is 9.10 Å². The van der Waals surface area contributed by atoms with E-state index < -0.39 is 0 Å². The van der Waals surface area contributed by atoms with Crippen molar-refractivity contribution in [3.05, 3.63) is 0 Å². The highest BCUT2D eigenvalue weighted by Crippen LogP contribution is 2.91. The van der Waals surface area contributed by atoms with Gasteiger partial charge in [0.2, 0.25) is 14.8 Å². The maximum Gasteiger partial charge on any atom is 0.212 e. The van der Waals surface area contributed by atoms with Crippen LogP contribution in [0.1, 0.15) is 0 Å².